The minimum atomic E-state index is -0.709. The van der Waals surface area contributed by atoms with Crippen molar-refractivity contribution in [3.05, 3.63) is 34.1 Å². The molecule has 0 saturated carbocycles. The Balaban J connectivity index is 0.00000162. The van der Waals surface area contributed by atoms with Crippen molar-refractivity contribution in [2.24, 2.45) is 0 Å². The fourth-order valence-corrected chi connectivity index (χ4v) is 2.14. The summed E-state index contributed by atoms with van der Waals surface area (Å²) in [5, 5.41) is 12.0. The number of hydrogen-bond acceptors (Lipinski definition) is 5. The van der Waals surface area contributed by atoms with Gasteiger partial charge in [-0.05, 0) is 24.0 Å². The van der Waals surface area contributed by atoms with Crippen LogP contribution in [-0.2, 0) is 19.1 Å². The molecule has 0 bridgehead atoms. The number of esters is 2. The molecule has 0 aromatic carbocycles. The summed E-state index contributed by atoms with van der Waals surface area (Å²) in [5.74, 6) is -2.00. The third-order valence-corrected chi connectivity index (χ3v) is 2.87. The van der Waals surface area contributed by atoms with Gasteiger partial charge in [0.25, 0.3) is 0 Å². The van der Waals surface area contributed by atoms with Crippen LogP contribution in [0, 0.1) is 0 Å². The zero-order valence-electron chi connectivity index (χ0n) is 10.5. The summed E-state index contributed by atoms with van der Waals surface area (Å²) < 4.78 is 9.12. The average Bonchev–Trinajstić information content (AvgIpc) is 2.86. The number of carbonyl (C=O) groups is 2. The molecule has 2 aliphatic rings. The zero-order chi connectivity index (χ0) is 12.6. The van der Waals surface area contributed by atoms with Crippen LogP contribution in [-0.4, -0.2) is 26.2 Å². The predicted octanol–water partition coefficient (Wildman–Crippen LogP) is -3.02. The second kappa shape index (κ2) is 5.73. The van der Waals surface area contributed by atoms with Crippen molar-refractivity contribution in [2.45, 2.75) is 12.8 Å². The number of hydrogen-bond donors (Lipinski definition) is 0. The van der Waals surface area contributed by atoms with Crippen LogP contribution in [0.25, 0.3) is 0 Å². The van der Waals surface area contributed by atoms with Crippen molar-refractivity contribution in [3.63, 3.8) is 0 Å². The van der Waals surface area contributed by atoms with E-state index in [4.69, 9.17) is 0 Å². The molecule has 18 heavy (non-hydrogen) atoms. The second-order valence-corrected chi connectivity index (χ2v) is 3.70. The first kappa shape index (κ1) is 15.0. The molecule has 0 saturated heterocycles. The fourth-order valence-electron chi connectivity index (χ4n) is 2.14. The second-order valence-electron chi connectivity index (χ2n) is 3.70. The Morgan fingerprint density at radius 3 is 2.28 bits per heavy atom. The molecule has 0 heterocycles. The Morgan fingerprint density at radius 2 is 1.72 bits per heavy atom. The number of methoxy groups -OCH3 is 2. The van der Waals surface area contributed by atoms with Crippen LogP contribution >= 0.6 is 0 Å². The first-order chi connectivity index (χ1) is 8.11. The SMILES string of the molecule is COC(=O)C1=C([O-])C(C(=O)OC)=C2CCC=C21.[Na+]. The number of allylic oxidation sites excluding steroid dienone is 2. The van der Waals surface area contributed by atoms with Gasteiger partial charge in [-0.1, -0.05) is 11.8 Å². The summed E-state index contributed by atoms with van der Waals surface area (Å²) in [6.07, 6.45) is 3.06. The third kappa shape index (κ3) is 2.13. The van der Waals surface area contributed by atoms with Gasteiger partial charge in [0, 0.05) is 0 Å². The maximum atomic E-state index is 12.0. The number of fused-ring (bicyclic) bond motifs is 1. The van der Waals surface area contributed by atoms with E-state index in [0.717, 1.165) is 0 Å². The molecule has 0 aromatic rings. The maximum absolute atomic E-state index is 12.0. The van der Waals surface area contributed by atoms with Crippen LogP contribution in [0.4, 0.5) is 0 Å². The minimum absolute atomic E-state index is 0. The zero-order valence-corrected chi connectivity index (χ0v) is 12.5. The maximum Gasteiger partial charge on any atom is 1.00 e. The average molecular weight is 258 g/mol. The fraction of sp³-hybridized carbons (Fsp3) is 0.333. The normalized spacial score (nSPS) is 17.1. The molecular weight excluding hydrogens is 247 g/mol. The third-order valence-electron chi connectivity index (χ3n) is 2.87. The monoisotopic (exact) mass is 258 g/mol. The molecule has 90 valence electrons. The Bertz CT molecular complexity index is 499. The van der Waals surface area contributed by atoms with Crippen LogP contribution in [0.2, 0.25) is 0 Å². The van der Waals surface area contributed by atoms with E-state index in [0.29, 0.717) is 24.0 Å². The molecule has 0 spiro atoms. The topological polar surface area (TPSA) is 75.7 Å². The molecular formula is C12H11NaO5. The standard InChI is InChI=1S/C12H12O5.Na/c1-16-11(14)8-6-4-3-5-7(6)9(10(8)13)12(15)17-2;/h4,13H,3,5H2,1-2H3;/q;+1/p-1. The van der Waals surface area contributed by atoms with E-state index in [1.165, 1.54) is 14.2 Å². The molecule has 0 radical (unpaired) electrons. The van der Waals surface area contributed by atoms with E-state index in [9.17, 15) is 14.7 Å². The van der Waals surface area contributed by atoms with Gasteiger partial charge in [-0.15, -0.1) is 0 Å². The molecule has 5 nitrogen and oxygen atoms in total. The number of ether oxygens (including phenoxy) is 2. The van der Waals surface area contributed by atoms with Gasteiger partial charge in [-0.2, -0.15) is 0 Å². The molecule has 0 aromatic heterocycles. The number of carbonyl (C=O) groups excluding carboxylic acids is 2. The molecule has 0 aliphatic heterocycles. The van der Waals surface area contributed by atoms with Crippen LogP contribution in [0.5, 0.6) is 0 Å². The van der Waals surface area contributed by atoms with Crippen molar-refractivity contribution in [2.75, 3.05) is 14.2 Å². The Labute approximate surface area is 126 Å². The van der Waals surface area contributed by atoms with Crippen molar-refractivity contribution in [1.82, 2.24) is 0 Å². The van der Waals surface area contributed by atoms with Gasteiger partial charge in [0.1, 0.15) is 0 Å². The summed E-state index contributed by atoms with van der Waals surface area (Å²) in [6, 6.07) is 0. The van der Waals surface area contributed by atoms with Crippen LogP contribution < -0.4 is 34.7 Å². The van der Waals surface area contributed by atoms with Crippen LogP contribution in [0.15, 0.2) is 34.1 Å². The van der Waals surface area contributed by atoms with E-state index in [-0.39, 0.29) is 40.7 Å². The van der Waals surface area contributed by atoms with Crippen molar-refractivity contribution < 1.29 is 53.7 Å². The van der Waals surface area contributed by atoms with Crippen molar-refractivity contribution >= 4 is 11.9 Å². The molecule has 0 unspecified atom stereocenters. The van der Waals surface area contributed by atoms with Gasteiger partial charge in [-0.3, -0.25) is 0 Å². The summed E-state index contributed by atoms with van der Waals surface area (Å²) in [6.45, 7) is 0. The minimum Gasteiger partial charge on any atom is -0.871 e. The Kier molecular flexibility index (Phi) is 4.78. The Morgan fingerprint density at radius 1 is 1.17 bits per heavy atom. The molecule has 0 fully saturated rings. The van der Waals surface area contributed by atoms with Crippen molar-refractivity contribution in [1.29, 1.82) is 0 Å². The quantitative estimate of drug-likeness (QED) is 0.389. The van der Waals surface area contributed by atoms with Crippen LogP contribution in [0.3, 0.4) is 0 Å². The van der Waals surface area contributed by atoms with E-state index in [2.05, 4.69) is 9.47 Å². The molecule has 0 amide bonds. The van der Waals surface area contributed by atoms with E-state index >= 15 is 0 Å². The van der Waals surface area contributed by atoms with Gasteiger partial charge in [0.15, 0.2) is 0 Å². The number of rotatable bonds is 2. The van der Waals surface area contributed by atoms with Gasteiger partial charge >= 0.3 is 41.5 Å². The molecule has 2 rings (SSSR count). The molecule has 0 N–H and O–H groups in total. The Hall–Kier alpha value is -1.04. The van der Waals surface area contributed by atoms with Gasteiger partial charge < -0.3 is 14.6 Å². The smallest absolute Gasteiger partial charge is 0.871 e. The van der Waals surface area contributed by atoms with Crippen LogP contribution in [0.1, 0.15) is 12.8 Å². The summed E-state index contributed by atoms with van der Waals surface area (Å²) in [7, 11) is 2.41. The predicted molar refractivity (Wildman–Crippen MR) is 55.4 cm³/mol. The summed E-state index contributed by atoms with van der Waals surface area (Å²) in [5.41, 5.74) is 1.04. The summed E-state index contributed by atoms with van der Waals surface area (Å²) in [4.78, 5) is 23.1. The molecule has 0 atom stereocenters. The van der Waals surface area contributed by atoms with E-state index < -0.39 is 17.7 Å². The molecule has 2 aliphatic carbocycles. The van der Waals surface area contributed by atoms with E-state index in [1.54, 1.807) is 6.08 Å². The molecule has 6 heteroatoms. The van der Waals surface area contributed by atoms with Gasteiger partial charge in [-0.25, -0.2) is 9.59 Å². The first-order valence-corrected chi connectivity index (χ1v) is 5.14. The van der Waals surface area contributed by atoms with Gasteiger partial charge in [0.05, 0.1) is 25.4 Å². The van der Waals surface area contributed by atoms with E-state index in [1.807, 2.05) is 0 Å². The first-order valence-electron chi connectivity index (χ1n) is 5.14. The van der Waals surface area contributed by atoms with Gasteiger partial charge in [0.2, 0.25) is 0 Å². The van der Waals surface area contributed by atoms with Crippen molar-refractivity contribution in [3.8, 4) is 0 Å². The summed E-state index contributed by atoms with van der Waals surface area (Å²) >= 11 is 0. The largest absolute Gasteiger partial charge is 1.00 e.